The first-order valence-corrected chi connectivity index (χ1v) is 10.2. The van der Waals surface area contributed by atoms with Gasteiger partial charge >= 0.3 is 0 Å². The van der Waals surface area contributed by atoms with Crippen LogP contribution in [-0.2, 0) is 11.2 Å². The summed E-state index contributed by atoms with van der Waals surface area (Å²) in [4.78, 5) is 17.2. The third-order valence-corrected chi connectivity index (χ3v) is 5.49. The van der Waals surface area contributed by atoms with Crippen LogP contribution in [0, 0.1) is 5.92 Å². The number of nitrogens with zero attached hydrogens (tertiary/aromatic N) is 2. The van der Waals surface area contributed by atoms with E-state index in [0.717, 1.165) is 48.9 Å². The fraction of sp³-hybridized carbons (Fsp3) is 0.435. The van der Waals surface area contributed by atoms with Gasteiger partial charge in [0.25, 0.3) is 0 Å². The Kier molecular flexibility index (Phi) is 6.43. The number of benzene rings is 2. The maximum absolute atomic E-state index is 12.9. The van der Waals surface area contributed by atoms with Crippen LogP contribution < -0.4 is 4.90 Å². The normalized spacial score (nSPS) is 15.9. The zero-order chi connectivity index (χ0) is 19.4. The lowest BCUT2D eigenvalue weighted by Gasteiger charge is -2.37. The second-order valence-corrected chi connectivity index (χ2v) is 8.29. The summed E-state index contributed by atoms with van der Waals surface area (Å²) in [5.41, 5.74) is 3.57. The molecule has 3 rings (SSSR count). The largest absolute Gasteiger partial charge is 0.368 e. The Bertz CT molecular complexity index is 764. The zero-order valence-electron chi connectivity index (χ0n) is 16.5. The van der Waals surface area contributed by atoms with Gasteiger partial charge in [0.1, 0.15) is 0 Å². The average Bonchev–Trinajstić information content (AvgIpc) is 2.67. The maximum Gasteiger partial charge on any atom is 0.229 e. The molecule has 1 amide bonds. The molecule has 1 heterocycles. The van der Waals surface area contributed by atoms with E-state index in [9.17, 15) is 4.79 Å². The molecule has 0 radical (unpaired) electrons. The molecule has 3 nitrogen and oxygen atoms in total. The minimum absolute atomic E-state index is 0.101. The van der Waals surface area contributed by atoms with Crippen LogP contribution in [0.1, 0.15) is 37.8 Å². The first-order valence-electron chi connectivity index (χ1n) is 9.82. The fourth-order valence-electron chi connectivity index (χ4n) is 3.69. The van der Waals surface area contributed by atoms with E-state index in [4.69, 9.17) is 11.6 Å². The summed E-state index contributed by atoms with van der Waals surface area (Å²) >= 11 is 6.10. The smallest absolute Gasteiger partial charge is 0.229 e. The van der Waals surface area contributed by atoms with Gasteiger partial charge in [-0.25, -0.2) is 0 Å². The number of hydrogen-bond acceptors (Lipinski definition) is 2. The zero-order valence-corrected chi connectivity index (χ0v) is 17.2. The van der Waals surface area contributed by atoms with Gasteiger partial charge in [0.2, 0.25) is 5.91 Å². The van der Waals surface area contributed by atoms with Crippen molar-refractivity contribution in [3.8, 4) is 0 Å². The lowest BCUT2D eigenvalue weighted by Crippen LogP contribution is -2.49. The van der Waals surface area contributed by atoms with Crippen molar-refractivity contribution in [3.63, 3.8) is 0 Å². The Labute approximate surface area is 167 Å². The molecular formula is C23H29ClN2O. The molecule has 1 unspecified atom stereocenters. The minimum Gasteiger partial charge on any atom is -0.368 e. The Hall–Kier alpha value is -2.00. The van der Waals surface area contributed by atoms with Gasteiger partial charge in [0.15, 0.2) is 0 Å². The number of rotatable bonds is 5. The highest BCUT2D eigenvalue weighted by Gasteiger charge is 2.26. The van der Waals surface area contributed by atoms with E-state index >= 15 is 0 Å². The summed E-state index contributed by atoms with van der Waals surface area (Å²) in [6.07, 6.45) is 1.08. The predicted octanol–water partition coefficient (Wildman–Crippen LogP) is 4.99. The van der Waals surface area contributed by atoms with Crippen molar-refractivity contribution < 1.29 is 4.79 Å². The Morgan fingerprint density at radius 2 is 1.67 bits per heavy atom. The third kappa shape index (κ3) is 5.04. The second kappa shape index (κ2) is 8.79. The van der Waals surface area contributed by atoms with Gasteiger partial charge in [-0.15, -0.1) is 0 Å². The van der Waals surface area contributed by atoms with Crippen molar-refractivity contribution in [1.29, 1.82) is 0 Å². The number of halogens is 1. The third-order valence-electron chi connectivity index (χ3n) is 5.26. The Morgan fingerprint density at radius 3 is 2.26 bits per heavy atom. The molecular weight excluding hydrogens is 356 g/mol. The van der Waals surface area contributed by atoms with Crippen molar-refractivity contribution in [3.05, 3.63) is 64.7 Å². The summed E-state index contributed by atoms with van der Waals surface area (Å²) in [5.74, 6) is 0.763. The van der Waals surface area contributed by atoms with E-state index in [0.29, 0.717) is 5.92 Å². The lowest BCUT2D eigenvalue weighted by molar-refractivity contribution is -0.132. The van der Waals surface area contributed by atoms with E-state index in [1.165, 1.54) is 5.56 Å². The first-order chi connectivity index (χ1) is 12.9. The van der Waals surface area contributed by atoms with Crippen molar-refractivity contribution >= 4 is 23.2 Å². The lowest BCUT2D eigenvalue weighted by atomic mass is 9.95. The summed E-state index contributed by atoms with van der Waals surface area (Å²) in [6.45, 7) is 9.65. The van der Waals surface area contributed by atoms with Crippen LogP contribution in [0.15, 0.2) is 48.5 Å². The molecule has 4 heteroatoms. The van der Waals surface area contributed by atoms with Crippen LogP contribution >= 0.6 is 11.6 Å². The molecule has 1 aliphatic rings. The molecule has 0 saturated carbocycles. The highest BCUT2D eigenvalue weighted by Crippen LogP contribution is 2.23. The summed E-state index contributed by atoms with van der Waals surface area (Å²) in [6, 6.07) is 16.5. The van der Waals surface area contributed by atoms with Crippen LogP contribution in [0.2, 0.25) is 5.02 Å². The molecule has 1 aliphatic heterocycles. The van der Waals surface area contributed by atoms with Crippen LogP contribution in [-0.4, -0.2) is 37.0 Å². The molecule has 144 valence electrons. The summed E-state index contributed by atoms with van der Waals surface area (Å²) in [5, 5.41) is 0.751. The average molecular weight is 385 g/mol. The van der Waals surface area contributed by atoms with E-state index < -0.39 is 0 Å². The van der Waals surface area contributed by atoms with Gasteiger partial charge < -0.3 is 9.80 Å². The van der Waals surface area contributed by atoms with Gasteiger partial charge in [-0.3, -0.25) is 4.79 Å². The van der Waals surface area contributed by atoms with E-state index in [2.05, 4.69) is 49.1 Å². The molecule has 27 heavy (non-hydrogen) atoms. The highest BCUT2D eigenvalue weighted by atomic mass is 35.5. The monoisotopic (exact) mass is 384 g/mol. The van der Waals surface area contributed by atoms with Crippen LogP contribution in [0.5, 0.6) is 0 Å². The quantitative estimate of drug-likeness (QED) is 0.724. The SMILES string of the molecule is CC(C)Cc1ccc(C(C)C(=O)N2CCN(c3cccc(Cl)c3)CC2)cc1. The number of hydrogen-bond donors (Lipinski definition) is 0. The predicted molar refractivity (Wildman–Crippen MR) is 114 cm³/mol. The van der Waals surface area contributed by atoms with Gasteiger partial charge in [-0.05, 0) is 48.6 Å². The van der Waals surface area contributed by atoms with E-state index in [1.807, 2.05) is 30.0 Å². The van der Waals surface area contributed by atoms with Crippen molar-refractivity contribution in [2.45, 2.75) is 33.1 Å². The molecule has 2 aromatic carbocycles. The molecule has 0 spiro atoms. The van der Waals surface area contributed by atoms with Crippen molar-refractivity contribution in [2.75, 3.05) is 31.1 Å². The number of anilines is 1. The van der Waals surface area contributed by atoms with E-state index in [-0.39, 0.29) is 11.8 Å². The second-order valence-electron chi connectivity index (χ2n) is 7.85. The summed E-state index contributed by atoms with van der Waals surface area (Å²) < 4.78 is 0. The number of amides is 1. The maximum atomic E-state index is 12.9. The number of piperazine rings is 1. The van der Waals surface area contributed by atoms with Crippen LogP contribution in [0.4, 0.5) is 5.69 Å². The standard InChI is InChI=1S/C23H29ClN2O/c1-17(2)15-19-7-9-20(10-8-19)18(3)23(27)26-13-11-25(12-14-26)22-6-4-5-21(24)16-22/h4-10,16-18H,11-15H2,1-3H3. The first kappa shape index (κ1) is 19.8. The topological polar surface area (TPSA) is 23.6 Å². The Balaban J connectivity index is 1.58. The minimum atomic E-state index is -0.101. The molecule has 2 aromatic rings. The van der Waals surface area contributed by atoms with Gasteiger partial charge in [-0.2, -0.15) is 0 Å². The van der Waals surface area contributed by atoms with Gasteiger partial charge in [0.05, 0.1) is 5.92 Å². The molecule has 1 fully saturated rings. The molecule has 0 aliphatic carbocycles. The van der Waals surface area contributed by atoms with Crippen molar-refractivity contribution in [2.24, 2.45) is 5.92 Å². The number of carbonyl (C=O) groups excluding carboxylic acids is 1. The fourth-order valence-corrected chi connectivity index (χ4v) is 3.87. The summed E-state index contributed by atoms with van der Waals surface area (Å²) in [7, 11) is 0. The molecule has 0 N–H and O–H groups in total. The molecule has 1 atom stereocenters. The Morgan fingerprint density at radius 1 is 1.00 bits per heavy atom. The molecule has 0 aromatic heterocycles. The van der Waals surface area contributed by atoms with Crippen molar-refractivity contribution in [1.82, 2.24) is 4.90 Å². The van der Waals surface area contributed by atoms with Crippen LogP contribution in [0.3, 0.4) is 0 Å². The molecule has 1 saturated heterocycles. The number of carbonyl (C=O) groups is 1. The highest BCUT2D eigenvalue weighted by molar-refractivity contribution is 6.30. The molecule has 0 bridgehead atoms. The van der Waals surface area contributed by atoms with Gasteiger partial charge in [-0.1, -0.05) is 55.8 Å². The van der Waals surface area contributed by atoms with Crippen LogP contribution in [0.25, 0.3) is 0 Å². The van der Waals surface area contributed by atoms with Gasteiger partial charge in [0, 0.05) is 36.9 Å². The van der Waals surface area contributed by atoms with E-state index in [1.54, 1.807) is 0 Å².